The van der Waals surface area contributed by atoms with Crippen LogP contribution in [-0.4, -0.2) is 50.2 Å². The van der Waals surface area contributed by atoms with Crippen LogP contribution in [0.4, 0.5) is 33.5 Å². The number of rotatable bonds is 6. The van der Waals surface area contributed by atoms with Gasteiger partial charge in [0.15, 0.2) is 17.5 Å². The average Bonchev–Trinajstić information content (AvgIpc) is 2.79. The first-order valence-electron chi connectivity index (χ1n) is 11.1. The summed E-state index contributed by atoms with van der Waals surface area (Å²) < 4.78 is 29.9. The van der Waals surface area contributed by atoms with Crippen LogP contribution in [-0.2, 0) is 29.1 Å². The van der Waals surface area contributed by atoms with Crippen molar-refractivity contribution in [2.45, 2.75) is 26.3 Å². The largest absolute Gasteiger partial charge is 0.324 e. The molecule has 182 valence electrons. The lowest BCUT2D eigenvalue weighted by Crippen LogP contribution is -2.27. The van der Waals surface area contributed by atoms with Crippen molar-refractivity contribution in [3.63, 3.8) is 0 Å². The fourth-order valence-corrected chi connectivity index (χ4v) is 4.51. The number of nitriles is 1. The second-order valence-corrected chi connectivity index (χ2v) is 11.3. The van der Waals surface area contributed by atoms with Crippen molar-refractivity contribution < 1.29 is 8.60 Å². The quantitative estimate of drug-likeness (QED) is 0.521. The van der Waals surface area contributed by atoms with E-state index in [1.165, 1.54) is 47.5 Å². The first-order chi connectivity index (χ1) is 16.6. The van der Waals surface area contributed by atoms with Gasteiger partial charge in [-0.3, -0.25) is 0 Å². The summed E-state index contributed by atoms with van der Waals surface area (Å²) in [5, 5.41) is 15.7. The van der Waals surface area contributed by atoms with Crippen LogP contribution >= 0.6 is 0 Å². The van der Waals surface area contributed by atoms with Gasteiger partial charge in [-0.2, -0.15) is 14.6 Å². The molecular formula is C24H27FN8OS. The Morgan fingerprint density at radius 2 is 2.06 bits per heavy atom. The molecule has 0 spiro atoms. The highest BCUT2D eigenvalue weighted by Gasteiger charge is 2.18. The van der Waals surface area contributed by atoms with E-state index in [1.807, 2.05) is 6.07 Å². The van der Waals surface area contributed by atoms with Crippen LogP contribution in [0.25, 0.3) is 0 Å². The molecule has 0 unspecified atom stereocenters. The number of benzene rings is 1. The molecule has 4 rings (SSSR count). The van der Waals surface area contributed by atoms with E-state index in [2.05, 4.69) is 61.0 Å². The van der Waals surface area contributed by atoms with Crippen LogP contribution in [0.1, 0.15) is 29.2 Å². The Hall–Kier alpha value is -3.62. The Labute approximate surface area is 204 Å². The minimum atomic E-state index is -2.61. The SMILES string of the molecule is CCc1cc(Nc2ncc(C#N)c(Nc3ccc(F)c(N=S(C)(C)=O)n3)n2)cc2c1CCN(C)C2. The van der Waals surface area contributed by atoms with Gasteiger partial charge in [-0.25, -0.2) is 18.6 Å². The zero-order valence-corrected chi connectivity index (χ0v) is 20.9. The van der Waals surface area contributed by atoms with Gasteiger partial charge in [0, 0.05) is 41.0 Å². The fraction of sp³-hybridized carbons (Fsp3) is 0.333. The molecule has 3 heterocycles. The van der Waals surface area contributed by atoms with Crippen LogP contribution < -0.4 is 10.6 Å². The number of nitrogens with one attached hydrogen (secondary N) is 2. The van der Waals surface area contributed by atoms with Crippen LogP contribution in [0.15, 0.2) is 34.8 Å². The smallest absolute Gasteiger partial charge is 0.229 e. The van der Waals surface area contributed by atoms with Gasteiger partial charge in [-0.1, -0.05) is 6.92 Å². The Kier molecular flexibility index (Phi) is 6.95. The molecule has 1 aliphatic rings. The van der Waals surface area contributed by atoms with Crippen molar-refractivity contribution in [3.05, 3.63) is 58.5 Å². The van der Waals surface area contributed by atoms with Gasteiger partial charge in [-0.15, -0.1) is 0 Å². The zero-order valence-electron chi connectivity index (χ0n) is 20.1. The van der Waals surface area contributed by atoms with E-state index in [0.29, 0.717) is 5.95 Å². The Morgan fingerprint density at radius 3 is 2.77 bits per heavy atom. The monoisotopic (exact) mass is 494 g/mol. The lowest BCUT2D eigenvalue weighted by atomic mass is 9.92. The van der Waals surface area contributed by atoms with Gasteiger partial charge < -0.3 is 15.5 Å². The average molecular weight is 495 g/mol. The van der Waals surface area contributed by atoms with Crippen LogP contribution in [0, 0.1) is 17.1 Å². The van der Waals surface area contributed by atoms with E-state index in [-0.39, 0.29) is 23.0 Å². The number of hydrogen-bond donors (Lipinski definition) is 2. The van der Waals surface area contributed by atoms with Gasteiger partial charge in [0.2, 0.25) is 5.95 Å². The number of anilines is 4. The van der Waals surface area contributed by atoms with E-state index < -0.39 is 15.5 Å². The summed E-state index contributed by atoms with van der Waals surface area (Å²) in [6.45, 7) is 4.06. The summed E-state index contributed by atoms with van der Waals surface area (Å²) in [5.74, 6) is -0.253. The molecular weight excluding hydrogens is 467 g/mol. The summed E-state index contributed by atoms with van der Waals surface area (Å²) in [6.07, 6.45) is 6.15. The number of likely N-dealkylation sites (N-methyl/N-ethyl adjacent to an activating group) is 1. The first kappa shape index (κ1) is 24.5. The highest BCUT2D eigenvalue weighted by molar-refractivity contribution is 7.92. The second-order valence-electron chi connectivity index (χ2n) is 8.71. The number of nitrogens with zero attached hydrogens (tertiary/aromatic N) is 6. The predicted molar refractivity (Wildman–Crippen MR) is 135 cm³/mol. The molecule has 0 fully saturated rings. The van der Waals surface area contributed by atoms with Crippen molar-refractivity contribution >= 4 is 38.8 Å². The molecule has 2 aromatic heterocycles. The third-order valence-corrected chi connectivity index (χ3v) is 6.16. The van der Waals surface area contributed by atoms with Crippen molar-refractivity contribution in [2.75, 3.05) is 36.7 Å². The molecule has 35 heavy (non-hydrogen) atoms. The molecule has 0 aliphatic carbocycles. The number of fused-ring (bicyclic) bond motifs is 1. The third kappa shape index (κ3) is 5.90. The normalized spacial score (nSPS) is 13.6. The fourth-order valence-electron chi connectivity index (χ4n) is 3.96. The zero-order chi connectivity index (χ0) is 25.2. The topological polar surface area (TPSA) is 119 Å². The standard InChI is InChI=1S/C24H27FN8OS/c1-5-15-10-18(11-16-14-33(2)9-8-19(15)16)28-24-27-13-17(12-26)22(31-24)29-21-7-6-20(25)23(30-21)32-35(3,4)34/h6-7,10-11,13H,5,8-9,14H2,1-4H3,(H2,27,28,29,30,31). The molecule has 0 atom stereocenters. The summed E-state index contributed by atoms with van der Waals surface area (Å²) >= 11 is 0. The number of aryl methyl sites for hydroxylation is 1. The van der Waals surface area contributed by atoms with E-state index in [9.17, 15) is 13.9 Å². The van der Waals surface area contributed by atoms with Crippen molar-refractivity contribution in [1.29, 1.82) is 5.26 Å². The molecule has 0 saturated carbocycles. The predicted octanol–water partition coefficient (Wildman–Crippen LogP) is 4.28. The molecule has 0 radical (unpaired) electrons. The van der Waals surface area contributed by atoms with Gasteiger partial charge in [0.25, 0.3) is 0 Å². The lowest BCUT2D eigenvalue weighted by molar-refractivity contribution is 0.312. The van der Waals surface area contributed by atoms with Crippen LogP contribution in [0.3, 0.4) is 0 Å². The van der Waals surface area contributed by atoms with Crippen molar-refractivity contribution in [3.8, 4) is 6.07 Å². The van der Waals surface area contributed by atoms with E-state index in [4.69, 9.17) is 0 Å². The maximum atomic E-state index is 14.1. The van der Waals surface area contributed by atoms with Crippen LogP contribution in [0.5, 0.6) is 0 Å². The van der Waals surface area contributed by atoms with Crippen molar-refractivity contribution in [1.82, 2.24) is 19.9 Å². The molecule has 11 heteroatoms. The van der Waals surface area contributed by atoms with Gasteiger partial charge in [-0.05, 0) is 60.8 Å². The second kappa shape index (κ2) is 9.93. The van der Waals surface area contributed by atoms with Crippen LogP contribution in [0.2, 0.25) is 0 Å². The number of hydrogen-bond acceptors (Lipinski definition) is 9. The Morgan fingerprint density at radius 1 is 1.26 bits per heavy atom. The molecule has 0 amide bonds. The molecule has 1 aliphatic heterocycles. The van der Waals surface area contributed by atoms with Crippen molar-refractivity contribution in [2.24, 2.45) is 4.36 Å². The Bertz CT molecular complexity index is 1430. The molecule has 9 nitrogen and oxygen atoms in total. The third-order valence-electron chi connectivity index (χ3n) is 5.55. The summed E-state index contributed by atoms with van der Waals surface area (Å²) in [6, 6.07) is 8.83. The van der Waals surface area contributed by atoms with E-state index >= 15 is 0 Å². The summed E-state index contributed by atoms with van der Waals surface area (Å²) in [7, 11) is -0.497. The number of pyridine rings is 1. The van der Waals surface area contributed by atoms with E-state index in [1.54, 1.807) is 0 Å². The molecule has 0 saturated heterocycles. The van der Waals surface area contributed by atoms with Gasteiger partial charge in [0.1, 0.15) is 17.5 Å². The Balaban J connectivity index is 1.65. The molecule has 2 N–H and O–H groups in total. The first-order valence-corrected chi connectivity index (χ1v) is 13.5. The minimum Gasteiger partial charge on any atom is -0.324 e. The van der Waals surface area contributed by atoms with Gasteiger partial charge >= 0.3 is 0 Å². The van der Waals surface area contributed by atoms with Gasteiger partial charge in [0.05, 0.1) is 6.20 Å². The maximum Gasteiger partial charge on any atom is 0.229 e. The summed E-state index contributed by atoms with van der Waals surface area (Å²) in [5.41, 5.74) is 5.04. The maximum absolute atomic E-state index is 14.1. The number of aromatic nitrogens is 3. The highest BCUT2D eigenvalue weighted by atomic mass is 32.2. The molecule has 0 bridgehead atoms. The lowest BCUT2D eigenvalue weighted by Gasteiger charge is -2.27. The summed E-state index contributed by atoms with van der Waals surface area (Å²) in [4.78, 5) is 15.1. The molecule has 3 aromatic rings. The highest BCUT2D eigenvalue weighted by Crippen LogP contribution is 2.29. The molecule has 1 aromatic carbocycles. The minimum absolute atomic E-state index is 0.191. The van der Waals surface area contributed by atoms with E-state index in [0.717, 1.165) is 31.6 Å². The number of halogens is 1.